The van der Waals surface area contributed by atoms with Crippen molar-refractivity contribution in [1.82, 2.24) is 0 Å². The summed E-state index contributed by atoms with van der Waals surface area (Å²) in [5.41, 5.74) is -0.565. The largest absolute Gasteiger partial charge is 0.477 e. The van der Waals surface area contributed by atoms with Gasteiger partial charge in [0.2, 0.25) is 0 Å². The lowest BCUT2D eigenvalue weighted by molar-refractivity contribution is 0.00751. The average Bonchev–Trinajstić information content (AvgIpc) is 2.47. The highest BCUT2D eigenvalue weighted by Crippen LogP contribution is 2.20. The average molecular weight is 228 g/mol. The number of esters is 1. The second kappa shape index (κ2) is 4.02. The summed E-state index contributed by atoms with van der Waals surface area (Å²) in [5, 5.41) is 8.67. The molecule has 0 amide bonds. The van der Waals surface area contributed by atoms with Crippen molar-refractivity contribution in [2.45, 2.75) is 26.4 Å². The highest BCUT2D eigenvalue weighted by atomic mass is 32.1. The molecule has 82 valence electrons. The molecule has 0 spiro atoms. The van der Waals surface area contributed by atoms with Crippen LogP contribution in [0, 0.1) is 0 Å². The van der Waals surface area contributed by atoms with Crippen LogP contribution in [0.1, 0.15) is 40.1 Å². The van der Waals surface area contributed by atoms with Gasteiger partial charge in [-0.2, -0.15) is 0 Å². The van der Waals surface area contributed by atoms with E-state index < -0.39 is 17.5 Å². The van der Waals surface area contributed by atoms with Crippen LogP contribution in [-0.4, -0.2) is 22.6 Å². The second-order valence-electron chi connectivity index (χ2n) is 3.97. The Balaban J connectivity index is 2.79. The van der Waals surface area contributed by atoms with Crippen LogP contribution < -0.4 is 0 Å². The first kappa shape index (κ1) is 11.7. The molecule has 4 nitrogen and oxygen atoms in total. The summed E-state index contributed by atoms with van der Waals surface area (Å²) >= 11 is 0.916. The Morgan fingerprint density at radius 2 is 1.80 bits per heavy atom. The lowest BCUT2D eigenvalue weighted by atomic mass is 10.2. The third-order valence-electron chi connectivity index (χ3n) is 1.42. The van der Waals surface area contributed by atoms with Crippen LogP contribution in [0.25, 0.3) is 0 Å². The molecule has 0 aliphatic heterocycles. The predicted octanol–water partition coefficient (Wildman–Crippen LogP) is 2.40. The highest BCUT2D eigenvalue weighted by molar-refractivity contribution is 7.15. The SMILES string of the molecule is CC(C)(C)OC(=O)c1ccc(C(=O)O)s1. The normalized spacial score (nSPS) is 11.1. The van der Waals surface area contributed by atoms with Gasteiger partial charge in [-0.25, -0.2) is 9.59 Å². The predicted molar refractivity (Wildman–Crippen MR) is 56.4 cm³/mol. The van der Waals surface area contributed by atoms with E-state index >= 15 is 0 Å². The molecule has 0 unspecified atom stereocenters. The summed E-state index contributed by atoms with van der Waals surface area (Å²) in [6, 6.07) is 2.86. The number of carboxylic acid groups (broad SMARTS) is 1. The number of carboxylic acids is 1. The van der Waals surface area contributed by atoms with Crippen LogP contribution in [0.15, 0.2) is 12.1 Å². The smallest absolute Gasteiger partial charge is 0.348 e. The van der Waals surface area contributed by atoms with Crippen molar-refractivity contribution < 1.29 is 19.4 Å². The van der Waals surface area contributed by atoms with E-state index in [-0.39, 0.29) is 4.88 Å². The molecular weight excluding hydrogens is 216 g/mol. The molecule has 0 radical (unpaired) electrons. The fraction of sp³-hybridized carbons (Fsp3) is 0.400. The molecular formula is C10H12O4S. The maximum atomic E-state index is 11.5. The topological polar surface area (TPSA) is 63.6 Å². The van der Waals surface area contributed by atoms with Gasteiger partial charge in [-0.3, -0.25) is 0 Å². The van der Waals surface area contributed by atoms with E-state index in [0.717, 1.165) is 11.3 Å². The molecule has 1 N–H and O–H groups in total. The molecule has 15 heavy (non-hydrogen) atoms. The van der Waals surface area contributed by atoms with E-state index in [1.807, 2.05) is 0 Å². The lowest BCUT2D eigenvalue weighted by Gasteiger charge is -2.18. The quantitative estimate of drug-likeness (QED) is 0.789. The van der Waals surface area contributed by atoms with Gasteiger partial charge in [0.15, 0.2) is 0 Å². The van der Waals surface area contributed by atoms with Gasteiger partial charge >= 0.3 is 11.9 Å². The van der Waals surface area contributed by atoms with Gasteiger partial charge in [0.05, 0.1) is 0 Å². The van der Waals surface area contributed by atoms with Crippen LogP contribution in [0.2, 0.25) is 0 Å². The highest BCUT2D eigenvalue weighted by Gasteiger charge is 2.20. The fourth-order valence-corrected chi connectivity index (χ4v) is 1.61. The fourth-order valence-electron chi connectivity index (χ4n) is 0.891. The molecule has 0 saturated carbocycles. The Bertz CT molecular complexity index is 386. The van der Waals surface area contributed by atoms with E-state index in [1.54, 1.807) is 20.8 Å². The minimum Gasteiger partial charge on any atom is -0.477 e. The van der Waals surface area contributed by atoms with Crippen molar-refractivity contribution in [3.8, 4) is 0 Å². The van der Waals surface area contributed by atoms with E-state index in [4.69, 9.17) is 9.84 Å². The molecule has 0 atom stereocenters. The number of hydrogen-bond acceptors (Lipinski definition) is 4. The summed E-state index contributed by atoms with van der Waals surface area (Å²) in [5.74, 6) is -1.52. The Morgan fingerprint density at radius 1 is 1.27 bits per heavy atom. The first-order valence-corrected chi connectivity index (χ1v) is 5.18. The molecule has 1 aromatic rings. The van der Waals surface area contributed by atoms with Crippen molar-refractivity contribution >= 4 is 23.3 Å². The molecule has 1 heterocycles. The monoisotopic (exact) mass is 228 g/mol. The summed E-state index contributed by atoms with van der Waals surface area (Å²) < 4.78 is 5.10. The van der Waals surface area contributed by atoms with Crippen molar-refractivity contribution in [2.24, 2.45) is 0 Å². The number of carbonyl (C=O) groups excluding carboxylic acids is 1. The Morgan fingerprint density at radius 3 is 2.20 bits per heavy atom. The number of rotatable bonds is 2. The summed E-state index contributed by atoms with van der Waals surface area (Å²) in [6.07, 6.45) is 0. The van der Waals surface area contributed by atoms with Crippen LogP contribution >= 0.6 is 11.3 Å². The van der Waals surface area contributed by atoms with Crippen molar-refractivity contribution in [3.63, 3.8) is 0 Å². The van der Waals surface area contributed by atoms with Crippen LogP contribution in [-0.2, 0) is 4.74 Å². The molecule has 0 saturated heterocycles. The molecule has 1 aromatic heterocycles. The number of aromatic carboxylic acids is 1. The number of ether oxygens (including phenoxy) is 1. The summed E-state index contributed by atoms with van der Waals surface area (Å²) in [6.45, 7) is 5.28. The number of thiophene rings is 1. The molecule has 0 aromatic carbocycles. The van der Waals surface area contributed by atoms with Gasteiger partial charge in [-0.15, -0.1) is 11.3 Å². The van der Waals surface area contributed by atoms with E-state index in [2.05, 4.69) is 0 Å². The maximum absolute atomic E-state index is 11.5. The molecule has 0 fully saturated rings. The summed E-state index contributed by atoms with van der Waals surface area (Å²) in [4.78, 5) is 22.5. The van der Waals surface area contributed by atoms with Gasteiger partial charge in [-0.05, 0) is 32.9 Å². The third kappa shape index (κ3) is 3.36. The van der Waals surface area contributed by atoms with Gasteiger partial charge in [0.1, 0.15) is 15.4 Å². The zero-order valence-electron chi connectivity index (χ0n) is 8.73. The van der Waals surface area contributed by atoms with Gasteiger partial charge in [-0.1, -0.05) is 0 Å². The number of carbonyl (C=O) groups is 2. The molecule has 0 bridgehead atoms. The second-order valence-corrected chi connectivity index (χ2v) is 5.05. The van der Waals surface area contributed by atoms with Crippen LogP contribution in [0.3, 0.4) is 0 Å². The minimum atomic E-state index is -1.03. The summed E-state index contributed by atoms with van der Waals surface area (Å²) in [7, 11) is 0. The van der Waals surface area contributed by atoms with Crippen LogP contribution in [0.4, 0.5) is 0 Å². The molecule has 0 aliphatic rings. The zero-order valence-corrected chi connectivity index (χ0v) is 9.55. The molecule has 5 heteroatoms. The van der Waals surface area contributed by atoms with Crippen molar-refractivity contribution in [1.29, 1.82) is 0 Å². The van der Waals surface area contributed by atoms with E-state index in [9.17, 15) is 9.59 Å². The van der Waals surface area contributed by atoms with E-state index in [0.29, 0.717) is 4.88 Å². The van der Waals surface area contributed by atoms with Gasteiger partial charge in [0.25, 0.3) is 0 Å². The maximum Gasteiger partial charge on any atom is 0.348 e. The standard InChI is InChI=1S/C10H12O4S/c1-10(2,3)14-9(13)7-5-4-6(15-7)8(11)12/h4-5H,1-3H3,(H,11,12). The zero-order chi connectivity index (χ0) is 11.6. The Kier molecular flexibility index (Phi) is 3.14. The van der Waals surface area contributed by atoms with E-state index in [1.165, 1.54) is 12.1 Å². The van der Waals surface area contributed by atoms with Gasteiger partial charge in [0, 0.05) is 0 Å². The van der Waals surface area contributed by atoms with Crippen molar-refractivity contribution in [3.05, 3.63) is 21.9 Å². The Hall–Kier alpha value is -1.36. The first-order chi connectivity index (χ1) is 6.79. The molecule has 0 aliphatic carbocycles. The first-order valence-electron chi connectivity index (χ1n) is 4.36. The molecule has 1 rings (SSSR count). The minimum absolute atomic E-state index is 0.135. The van der Waals surface area contributed by atoms with Gasteiger partial charge < -0.3 is 9.84 Å². The third-order valence-corrected chi connectivity index (χ3v) is 2.47. The van der Waals surface area contributed by atoms with Crippen molar-refractivity contribution in [2.75, 3.05) is 0 Å². The number of hydrogen-bond donors (Lipinski definition) is 1. The van der Waals surface area contributed by atoms with Crippen LogP contribution in [0.5, 0.6) is 0 Å². The lowest BCUT2D eigenvalue weighted by Crippen LogP contribution is -2.23. The Labute approximate surface area is 91.5 Å².